The van der Waals surface area contributed by atoms with E-state index in [1.165, 1.54) is 12.1 Å². The Morgan fingerprint density at radius 3 is 2.07 bits per heavy atom. The standard InChI is InChI=1S/C9H11F3N2/c1-14-7-4-2-6(3-5-7)8(13)9(10,11)12/h2-5,8,14H,13H2,1H3. The van der Waals surface area contributed by atoms with E-state index in [0.29, 0.717) is 0 Å². The molecule has 0 heterocycles. The van der Waals surface area contributed by atoms with Crippen LogP contribution in [0, 0.1) is 0 Å². The van der Waals surface area contributed by atoms with Crippen molar-refractivity contribution in [3.05, 3.63) is 29.8 Å². The van der Waals surface area contributed by atoms with Crippen LogP contribution in [0.5, 0.6) is 0 Å². The molecule has 1 aromatic carbocycles. The maximum absolute atomic E-state index is 12.2. The summed E-state index contributed by atoms with van der Waals surface area (Å²) in [7, 11) is 1.69. The smallest absolute Gasteiger partial charge is 0.388 e. The minimum absolute atomic E-state index is 0.0662. The highest BCUT2D eigenvalue weighted by Gasteiger charge is 2.37. The summed E-state index contributed by atoms with van der Waals surface area (Å²) in [6.45, 7) is 0. The Morgan fingerprint density at radius 1 is 1.21 bits per heavy atom. The Kier molecular flexibility index (Phi) is 3.00. The van der Waals surface area contributed by atoms with E-state index in [4.69, 9.17) is 5.73 Å². The molecule has 1 rings (SSSR count). The number of nitrogens with two attached hydrogens (primary N) is 1. The van der Waals surface area contributed by atoms with Crippen molar-refractivity contribution in [1.29, 1.82) is 0 Å². The minimum atomic E-state index is -4.39. The summed E-state index contributed by atoms with van der Waals surface area (Å²) in [6, 6.07) is 3.93. The van der Waals surface area contributed by atoms with Crippen molar-refractivity contribution in [3.63, 3.8) is 0 Å². The Hall–Kier alpha value is -1.23. The van der Waals surface area contributed by atoms with Crippen LogP contribution < -0.4 is 11.1 Å². The lowest BCUT2D eigenvalue weighted by Gasteiger charge is -2.15. The lowest BCUT2D eigenvalue weighted by Crippen LogP contribution is -2.28. The zero-order valence-electron chi connectivity index (χ0n) is 7.60. The van der Waals surface area contributed by atoms with E-state index in [-0.39, 0.29) is 5.56 Å². The number of hydrogen-bond acceptors (Lipinski definition) is 2. The predicted octanol–water partition coefficient (Wildman–Crippen LogP) is 2.29. The second kappa shape index (κ2) is 3.88. The molecule has 1 unspecified atom stereocenters. The molecule has 78 valence electrons. The summed E-state index contributed by atoms with van der Waals surface area (Å²) in [5.41, 5.74) is 5.84. The van der Waals surface area contributed by atoms with Crippen LogP contribution in [0.4, 0.5) is 18.9 Å². The van der Waals surface area contributed by atoms with Gasteiger partial charge in [-0.1, -0.05) is 12.1 Å². The zero-order valence-corrected chi connectivity index (χ0v) is 7.60. The van der Waals surface area contributed by atoms with Crippen molar-refractivity contribution in [2.24, 2.45) is 5.73 Å². The van der Waals surface area contributed by atoms with Crippen LogP contribution in [0.15, 0.2) is 24.3 Å². The normalized spacial score (nSPS) is 13.8. The van der Waals surface area contributed by atoms with Gasteiger partial charge in [-0.15, -0.1) is 0 Å². The molecule has 0 amide bonds. The molecular weight excluding hydrogens is 193 g/mol. The van der Waals surface area contributed by atoms with Gasteiger partial charge in [-0.05, 0) is 17.7 Å². The first-order valence-corrected chi connectivity index (χ1v) is 4.05. The van der Waals surface area contributed by atoms with E-state index in [1.54, 1.807) is 19.2 Å². The molecule has 0 saturated carbocycles. The van der Waals surface area contributed by atoms with Gasteiger partial charge in [0.25, 0.3) is 0 Å². The molecule has 0 aliphatic heterocycles. The molecule has 0 aliphatic carbocycles. The molecular formula is C9H11F3N2. The average Bonchev–Trinajstić information content (AvgIpc) is 2.15. The number of anilines is 1. The summed E-state index contributed by atoms with van der Waals surface area (Å²) in [4.78, 5) is 0. The van der Waals surface area contributed by atoms with Crippen LogP contribution in [-0.4, -0.2) is 13.2 Å². The first-order chi connectivity index (χ1) is 6.45. The van der Waals surface area contributed by atoms with E-state index >= 15 is 0 Å². The van der Waals surface area contributed by atoms with Gasteiger partial charge < -0.3 is 11.1 Å². The molecule has 0 aliphatic rings. The minimum Gasteiger partial charge on any atom is -0.388 e. The van der Waals surface area contributed by atoms with E-state index in [1.807, 2.05) is 0 Å². The maximum Gasteiger partial charge on any atom is 0.407 e. The predicted molar refractivity (Wildman–Crippen MR) is 49.0 cm³/mol. The molecule has 0 bridgehead atoms. The van der Waals surface area contributed by atoms with Gasteiger partial charge in [0.1, 0.15) is 6.04 Å². The quantitative estimate of drug-likeness (QED) is 0.775. The van der Waals surface area contributed by atoms with Gasteiger partial charge in [0.05, 0.1) is 0 Å². The summed E-state index contributed by atoms with van der Waals surface area (Å²) in [6.07, 6.45) is -4.39. The molecule has 3 N–H and O–H groups in total. The summed E-state index contributed by atoms with van der Waals surface area (Å²) in [5.74, 6) is 0. The van der Waals surface area contributed by atoms with Crippen LogP contribution in [0.3, 0.4) is 0 Å². The Bertz CT molecular complexity index is 292. The number of halogens is 3. The molecule has 0 fully saturated rings. The number of benzene rings is 1. The second-order valence-electron chi connectivity index (χ2n) is 2.89. The number of rotatable bonds is 2. The molecule has 0 spiro atoms. The van der Waals surface area contributed by atoms with Crippen LogP contribution in [0.1, 0.15) is 11.6 Å². The monoisotopic (exact) mass is 204 g/mol. The highest BCUT2D eigenvalue weighted by atomic mass is 19.4. The Labute approximate surface area is 79.9 Å². The zero-order chi connectivity index (χ0) is 10.8. The molecule has 5 heteroatoms. The first kappa shape index (κ1) is 10.8. The van der Waals surface area contributed by atoms with Crippen molar-refractivity contribution >= 4 is 5.69 Å². The number of alkyl halides is 3. The van der Waals surface area contributed by atoms with Crippen molar-refractivity contribution < 1.29 is 13.2 Å². The van der Waals surface area contributed by atoms with E-state index in [0.717, 1.165) is 5.69 Å². The maximum atomic E-state index is 12.2. The third-order valence-corrected chi connectivity index (χ3v) is 1.91. The Balaban J connectivity index is 2.87. The molecule has 0 aromatic heterocycles. The number of hydrogen-bond donors (Lipinski definition) is 2. The highest BCUT2D eigenvalue weighted by molar-refractivity contribution is 5.44. The molecule has 14 heavy (non-hydrogen) atoms. The van der Waals surface area contributed by atoms with E-state index < -0.39 is 12.2 Å². The van der Waals surface area contributed by atoms with Gasteiger partial charge in [-0.25, -0.2) is 0 Å². The second-order valence-corrected chi connectivity index (χ2v) is 2.89. The van der Waals surface area contributed by atoms with E-state index in [2.05, 4.69) is 5.32 Å². The fourth-order valence-corrected chi connectivity index (χ4v) is 1.05. The van der Waals surface area contributed by atoms with E-state index in [9.17, 15) is 13.2 Å². The van der Waals surface area contributed by atoms with Gasteiger partial charge in [0.2, 0.25) is 0 Å². The van der Waals surface area contributed by atoms with Gasteiger partial charge in [-0.2, -0.15) is 13.2 Å². The fourth-order valence-electron chi connectivity index (χ4n) is 1.05. The van der Waals surface area contributed by atoms with Gasteiger partial charge in [-0.3, -0.25) is 0 Å². The molecule has 2 nitrogen and oxygen atoms in total. The van der Waals surface area contributed by atoms with Crippen LogP contribution in [0.2, 0.25) is 0 Å². The van der Waals surface area contributed by atoms with Crippen molar-refractivity contribution in [2.75, 3.05) is 12.4 Å². The Morgan fingerprint density at radius 2 is 1.71 bits per heavy atom. The summed E-state index contributed by atoms with van der Waals surface area (Å²) in [5, 5.41) is 2.81. The van der Waals surface area contributed by atoms with Crippen LogP contribution in [0.25, 0.3) is 0 Å². The van der Waals surface area contributed by atoms with Gasteiger partial charge in [0.15, 0.2) is 0 Å². The summed E-state index contributed by atoms with van der Waals surface area (Å²) >= 11 is 0. The lowest BCUT2D eigenvalue weighted by atomic mass is 10.1. The molecule has 0 radical (unpaired) electrons. The third-order valence-electron chi connectivity index (χ3n) is 1.91. The highest BCUT2D eigenvalue weighted by Crippen LogP contribution is 2.30. The van der Waals surface area contributed by atoms with Crippen LogP contribution in [-0.2, 0) is 0 Å². The molecule has 1 aromatic rings. The molecule has 1 atom stereocenters. The summed E-state index contributed by atoms with van der Waals surface area (Å²) < 4.78 is 36.5. The lowest BCUT2D eigenvalue weighted by molar-refractivity contribution is -0.149. The number of nitrogens with one attached hydrogen (secondary N) is 1. The third kappa shape index (κ3) is 2.38. The first-order valence-electron chi connectivity index (χ1n) is 4.05. The van der Waals surface area contributed by atoms with Crippen molar-refractivity contribution in [3.8, 4) is 0 Å². The van der Waals surface area contributed by atoms with Gasteiger partial charge in [0, 0.05) is 12.7 Å². The SMILES string of the molecule is CNc1ccc(C(N)C(F)(F)F)cc1. The topological polar surface area (TPSA) is 38.0 Å². The van der Waals surface area contributed by atoms with Crippen LogP contribution >= 0.6 is 0 Å². The average molecular weight is 204 g/mol. The van der Waals surface area contributed by atoms with Crippen molar-refractivity contribution in [1.82, 2.24) is 0 Å². The fraction of sp³-hybridized carbons (Fsp3) is 0.333. The van der Waals surface area contributed by atoms with Crippen molar-refractivity contribution in [2.45, 2.75) is 12.2 Å². The van der Waals surface area contributed by atoms with Gasteiger partial charge >= 0.3 is 6.18 Å². The molecule has 0 saturated heterocycles. The largest absolute Gasteiger partial charge is 0.407 e.